The molecule has 2 heterocycles. The zero-order valence-electron chi connectivity index (χ0n) is 17.5. The van der Waals surface area contributed by atoms with Crippen molar-refractivity contribution >= 4 is 17.7 Å². The summed E-state index contributed by atoms with van der Waals surface area (Å²) in [6, 6.07) is 7.47. The summed E-state index contributed by atoms with van der Waals surface area (Å²) < 4.78 is 37.0. The van der Waals surface area contributed by atoms with E-state index in [-0.39, 0.29) is 11.6 Å². The molecule has 0 bridgehead atoms. The molecule has 172 valence electrons. The lowest BCUT2D eigenvalue weighted by Crippen LogP contribution is -2.57. The van der Waals surface area contributed by atoms with Crippen molar-refractivity contribution in [3.05, 3.63) is 36.9 Å². The van der Waals surface area contributed by atoms with Crippen LogP contribution in [0.1, 0.15) is 25.7 Å². The van der Waals surface area contributed by atoms with Crippen LogP contribution in [0.3, 0.4) is 0 Å². The molecule has 1 aromatic carbocycles. The summed E-state index contributed by atoms with van der Waals surface area (Å²) in [5.41, 5.74) is 0.909. The number of halogens is 3. The molecule has 2 aliphatic heterocycles. The third kappa shape index (κ3) is 6.61. The molecule has 1 spiro atoms. The number of piperidine rings is 1. The molecule has 2 fully saturated rings. The summed E-state index contributed by atoms with van der Waals surface area (Å²) in [6.45, 7) is 7.52. The van der Waals surface area contributed by atoms with Crippen LogP contribution < -0.4 is 10.1 Å². The quantitative estimate of drug-likeness (QED) is 0.688. The van der Waals surface area contributed by atoms with Crippen LogP contribution in [0.25, 0.3) is 0 Å². The van der Waals surface area contributed by atoms with Crippen molar-refractivity contribution in [3.63, 3.8) is 0 Å². The van der Waals surface area contributed by atoms with Crippen molar-refractivity contribution in [3.8, 4) is 5.75 Å². The third-order valence-electron chi connectivity index (χ3n) is 5.50. The molecule has 3 rings (SSSR count). The number of alkyl halides is 3. The third-order valence-corrected chi connectivity index (χ3v) is 5.50. The number of urea groups is 1. The Morgan fingerprint density at radius 3 is 2.52 bits per heavy atom. The molecule has 2 N–H and O–H groups in total. The number of anilines is 1. The van der Waals surface area contributed by atoms with Gasteiger partial charge in [0.2, 0.25) is 0 Å². The molecule has 7 nitrogen and oxygen atoms in total. The van der Waals surface area contributed by atoms with Gasteiger partial charge in [0, 0.05) is 36.9 Å². The monoisotopic (exact) mass is 443 g/mol. The fraction of sp³-hybridized carbons (Fsp3) is 0.524. The van der Waals surface area contributed by atoms with Gasteiger partial charge < -0.3 is 20.1 Å². The van der Waals surface area contributed by atoms with Crippen molar-refractivity contribution in [2.75, 3.05) is 38.6 Å². The Bertz CT molecular complexity index is 787. The van der Waals surface area contributed by atoms with E-state index in [1.807, 2.05) is 35.2 Å². The number of hydrogen-bond donors (Lipinski definition) is 2. The van der Waals surface area contributed by atoms with E-state index in [0.717, 1.165) is 44.0 Å². The van der Waals surface area contributed by atoms with E-state index >= 15 is 0 Å². The Morgan fingerprint density at radius 2 is 1.94 bits per heavy atom. The highest BCUT2D eigenvalue weighted by atomic mass is 19.4. The lowest BCUT2D eigenvalue weighted by molar-refractivity contribution is -0.192. The number of rotatable bonds is 4. The molecule has 0 saturated carbocycles. The average Bonchev–Trinajstić information content (AvgIpc) is 3.09. The predicted molar refractivity (Wildman–Crippen MR) is 110 cm³/mol. The van der Waals surface area contributed by atoms with Crippen LogP contribution in [-0.2, 0) is 4.79 Å². The van der Waals surface area contributed by atoms with Gasteiger partial charge >= 0.3 is 18.2 Å². The number of hydrogen-bond acceptors (Lipinski definition) is 4. The van der Waals surface area contributed by atoms with Gasteiger partial charge in [0.15, 0.2) is 0 Å². The van der Waals surface area contributed by atoms with Gasteiger partial charge in [-0.2, -0.15) is 13.2 Å². The van der Waals surface area contributed by atoms with E-state index in [2.05, 4.69) is 16.8 Å². The molecule has 1 unspecified atom stereocenters. The minimum absolute atomic E-state index is 0.0206. The maximum absolute atomic E-state index is 12.7. The number of carbonyl (C=O) groups excluding carboxylic acids is 1. The second-order valence-corrected chi connectivity index (χ2v) is 7.55. The molecule has 31 heavy (non-hydrogen) atoms. The highest BCUT2D eigenvalue weighted by Gasteiger charge is 2.44. The van der Waals surface area contributed by atoms with Crippen molar-refractivity contribution < 1.29 is 32.6 Å². The van der Waals surface area contributed by atoms with Gasteiger partial charge in [-0.3, -0.25) is 4.90 Å². The lowest BCUT2D eigenvalue weighted by Gasteiger charge is -2.45. The average molecular weight is 443 g/mol. The summed E-state index contributed by atoms with van der Waals surface area (Å²) in [5.74, 6) is -2.01. The Hall–Kier alpha value is -2.75. The molecule has 2 saturated heterocycles. The van der Waals surface area contributed by atoms with Crippen LogP contribution in [0.15, 0.2) is 36.9 Å². The first-order chi connectivity index (χ1) is 14.6. The first-order valence-electron chi connectivity index (χ1n) is 9.97. The van der Waals surface area contributed by atoms with E-state index in [4.69, 9.17) is 14.6 Å². The van der Waals surface area contributed by atoms with Crippen molar-refractivity contribution in [2.24, 2.45) is 0 Å². The predicted octanol–water partition coefficient (Wildman–Crippen LogP) is 3.98. The number of nitrogens with zero attached hydrogens (tertiary/aromatic N) is 2. The number of nitrogens with one attached hydrogen (secondary N) is 1. The highest BCUT2D eigenvalue weighted by Crippen LogP contribution is 2.37. The van der Waals surface area contributed by atoms with Crippen LogP contribution in [0.4, 0.5) is 23.7 Å². The molecule has 1 atom stereocenters. The number of carboxylic acid groups (broad SMARTS) is 1. The first kappa shape index (κ1) is 24.5. The van der Waals surface area contributed by atoms with E-state index in [9.17, 15) is 18.0 Å². The SMILES string of the molecule is C=CCN1CCCC12CCCN(C(=O)Nc1cccc(OC)c1)C2.O=C(O)C(F)(F)F. The summed E-state index contributed by atoms with van der Waals surface area (Å²) in [6.07, 6.45) is 1.49. The number of carboxylic acids is 1. The van der Waals surface area contributed by atoms with Gasteiger partial charge in [0.1, 0.15) is 5.75 Å². The molecule has 2 aliphatic rings. The zero-order valence-corrected chi connectivity index (χ0v) is 17.5. The second-order valence-electron chi connectivity index (χ2n) is 7.55. The Morgan fingerprint density at radius 1 is 1.29 bits per heavy atom. The number of carbonyl (C=O) groups is 2. The fourth-order valence-electron chi connectivity index (χ4n) is 4.09. The zero-order chi connectivity index (χ0) is 23.1. The largest absolute Gasteiger partial charge is 0.497 e. The van der Waals surface area contributed by atoms with Crippen LogP contribution >= 0.6 is 0 Å². The Labute approximate surface area is 179 Å². The van der Waals surface area contributed by atoms with Crippen molar-refractivity contribution in [1.29, 1.82) is 0 Å². The first-order valence-corrected chi connectivity index (χ1v) is 9.97. The smallest absolute Gasteiger partial charge is 0.490 e. The fourth-order valence-corrected chi connectivity index (χ4v) is 4.09. The molecular weight excluding hydrogens is 415 g/mol. The summed E-state index contributed by atoms with van der Waals surface area (Å²) in [7, 11) is 1.63. The summed E-state index contributed by atoms with van der Waals surface area (Å²) in [4.78, 5) is 26.1. The van der Waals surface area contributed by atoms with E-state index in [0.29, 0.717) is 0 Å². The van der Waals surface area contributed by atoms with Crippen molar-refractivity contribution in [2.45, 2.75) is 37.4 Å². The summed E-state index contributed by atoms with van der Waals surface area (Å²) in [5, 5.41) is 10.1. The molecule has 10 heteroatoms. The molecule has 0 aliphatic carbocycles. The topological polar surface area (TPSA) is 82.1 Å². The number of amides is 2. The Kier molecular flexibility index (Phi) is 8.32. The molecular formula is C21H28F3N3O4. The second kappa shape index (κ2) is 10.5. The van der Waals surface area contributed by atoms with Gasteiger partial charge in [0.05, 0.1) is 7.11 Å². The van der Waals surface area contributed by atoms with Gasteiger partial charge in [-0.15, -0.1) is 6.58 Å². The van der Waals surface area contributed by atoms with Gasteiger partial charge in [-0.25, -0.2) is 9.59 Å². The van der Waals surface area contributed by atoms with Crippen LogP contribution in [0, 0.1) is 0 Å². The number of aliphatic carboxylic acids is 1. The van der Waals surface area contributed by atoms with E-state index in [1.165, 1.54) is 19.3 Å². The highest BCUT2D eigenvalue weighted by molar-refractivity contribution is 5.89. The standard InChI is InChI=1S/C19H27N3O2.C2HF3O2/c1-3-11-22-13-6-10-19(22)9-5-12-21(15-19)18(23)20-16-7-4-8-17(14-16)24-2;3-2(4,5)1(6)7/h3-4,7-8,14H,1,5-6,9-13,15H2,2H3,(H,20,23);(H,6,7). The number of ether oxygens (including phenoxy) is 1. The minimum atomic E-state index is -5.08. The number of benzene rings is 1. The normalized spacial score (nSPS) is 21.2. The lowest BCUT2D eigenvalue weighted by atomic mass is 9.86. The van der Waals surface area contributed by atoms with E-state index in [1.54, 1.807) is 7.11 Å². The van der Waals surface area contributed by atoms with Crippen LogP contribution in [0.5, 0.6) is 5.75 Å². The molecule has 1 aromatic rings. The van der Waals surface area contributed by atoms with E-state index < -0.39 is 12.1 Å². The van der Waals surface area contributed by atoms with Gasteiger partial charge in [-0.05, 0) is 44.4 Å². The Balaban J connectivity index is 0.000000423. The summed E-state index contributed by atoms with van der Waals surface area (Å²) >= 11 is 0. The molecule has 2 amide bonds. The van der Waals surface area contributed by atoms with Crippen LogP contribution in [-0.4, -0.2) is 71.9 Å². The maximum Gasteiger partial charge on any atom is 0.490 e. The minimum Gasteiger partial charge on any atom is -0.497 e. The molecule has 0 radical (unpaired) electrons. The number of methoxy groups -OCH3 is 1. The maximum atomic E-state index is 12.7. The van der Waals surface area contributed by atoms with Gasteiger partial charge in [0.25, 0.3) is 0 Å². The van der Waals surface area contributed by atoms with Crippen molar-refractivity contribution in [1.82, 2.24) is 9.80 Å². The van der Waals surface area contributed by atoms with Gasteiger partial charge in [-0.1, -0.05) is 12.1 Å². The molecule has 0 aromatic heterocycles. The van der Waals surface area contributed by atoms with Crippen LogP contribution in [0.2, 0.25) is 0 Å². The number of likely N-dealkylation sites (tertiary alicyclic amines) is 2.